The van der Waals surface area contributed by atoms with E-state index in [2.05, 4.69) is 41.0 Å². The van der Waals surface area contributed by atoms with E-state index in [1.54, 1.807) is 20.8 Å². The quantitative estimate of drug-likeness (QED) is 0.557. The van der Waals surface area contributed by atoms with Crippen LogP contribution in [-0.4, -0.2) is 24.1 Å². The van der Waals surface area contributed by atoms with E-state index in [9.17, 15) is 9.59 Å². The summed E-state index contributed by atoms with van der Waals surface area (Å²) in [5.41, 5.74) is 1.63. The minimum atomic E-state index is -0.565. The van der Waals surface area contributed by atoms with Crippen LogP contribution in [0.1, 0.15) is 44.4 Å². The zero-order valence-electron chi connectivity index (χ0n) is 18.4. The van der Waals surface area contributed by atoms with Crippen molar-refractivity contribution in [1.82, 2.24) is 10.6 Å². The van der Waals surface area contributed by atoms with E-state index in [-0.39, 0.29) is 24.9 Å². The molecule has 0 radical (unpaired) electrons. The zero-order chi connectivity index (χ0) is 22.3. The Hall–Kier alpha value is -3.34. The Morgan fingerprint density at radius 3 is 2.29 bits per heavy atom. The molecule has 0 bridgehead atoms. The van der Waals surface area contributed by atoms with Crippen molar-refractivity contribution < 1.29 is 14.3 Å². The second-order valence-corrected chi connectivity index (χ2v) is 8.60. The zero-order valence-corrected chi connectivity index (χ0v) is 18.4. The highest BCUT2D eigenvalue weighted by Gasteiger charge is 2.18. The van der Waals surface area contributed by atoms with Crippen LogP contribution in [0.2, 0.25) is 0 Å². The minimum Gasteiger partial charge on any atom is -0.444 e. The molecule has 0 heterocycles. The van der Waals surface area contributed by atoms with Crippen molar-refractivity contribution in [1.29, 1.82) is 0 Å². The molecule has 0 fully saturated rings. The standard InChI is InChI=1S/C26H30N2O3/c1-26(2,3)31-25(30)27-16-15-24(29)28-23(21-10-5-4-6-11-21)18-19-13-14-20-9-7-8-12-22(20)17-19/h4-14,17,23H,15-16,18H2,1-3H3,(H,27,30)(H,28,29)/t23-/m0/s1. The molecule has 3 rings (SSSR count). The highest BCUT2D eigenvalue weighted by Crippen LogP contribution is 2.22. The number of amides is 2. The smallest absolute Gasteiger partial charge is 0.407 e. The molecular formula is C26H30N2O3. The molecule has 2 N–H and O–H groups in total. The van der Waals surface area contributed by atoms with Crippen molar-refractivity contribution in [3.63, 3.8) is 0 Å². The summed E-state index contributed by atoms with van der Waals surface area (Å²) in [7, 11) is 0. The number of ether oxygens (including phenoxy) is 1. The number of carbonyl (C=O) groups is 2. The van der Waals surface area contributed by atoms with E-state index >= 15 is 0 Å². The number of fused-ring (bicyclic) bond motifs is 1. The Morgan fingerprint density at radius 1 is 0.903 bits per heavy atom. The van der Waals surface area contributed by atoms with Gasteiger partial charge in [-0.25, -0.2) is 4.79 Å². The first-order valence-corrected chi connectivity index (χ1v) is 10.6. The van der Waals surface area contributed by atoms with Crippen LogP contribution in [0, 0.1) is 0 Å². The number of benzene rings is 3. The van der Waals surface area contributed by atoms with Gasteiger partial charge in [-0.3, -0.25) is 4.79 Å². The number of rotatable bonds is 7. The van der Waals surface area contributed by atoms with Crippen LogP contribution >= 0.6 is 0 Å². The summed E-state index contributed by atoms with van der Waals surface area (Å²) >= 11 is 0. The van der Waals surface area contributed by atoms with Crippen molar-refractivity contribution in [3.05, 3.63) is 83.9 Å². The number of hydrogen-bond acceptors (Lipinski definition) is 3. The third-order valence-electron chi connectivity index (χ3n) is 4.81. The maximum atomic E-state index is 12.6. The number of carbonyl (C=O) groups excluding carboxylic acids is 2. The van der Waals surface area contributed by atoms with E-state index in [1.807, 2.05) is 42.5 Å². The highest BCUT2D eigenvalue weighted by atomic mass is 16.6. The number of hydrogen-bond donors (Lipinski definition) is 2. The summed E-state index contributed by atoms with van der Waals surface area (Å²) in [5, 5.41) is 8.13. The third-order valence-corrected chi connectivity index (χ3v) is 4.81. The lowest BCUT2D eigenvalue weighted by atomic mass is 9.97. The van der Waals surface area contributed by atoms with Gasteiger partial charge in [-0.15, -0.1) is 0 Å². The second kappa shape index (κ2) is 10.1. The molecule has 162 valence electrons. The molecule has 1 atom stereocenters. The van der Waals surface area contributed by atoms with Gasteiger partial charge in [0.15, 0.2) is 0 Å². The van der Waals surface area contributed by atoms with Gasteiger partial charge >= 0.3 is 6.09 Å². The molecule has 0 spiro atoms. The summed E-state index contributed by atoms with van der Waals surface area (Å²) in [6, 6.07) is 24.4. The van der Waals surface area contributed by atoms with Gasteiger partial charge in [0.25, 0.3) is 0 Å². The molecule has 31 heavy (non-hydrogen) atoms. The van der Waals surface area contributed by atoms with Crippen LogP contribution in [0.25, 0.3) is 10.8 Å². The molecular weight excluding hydrogens is 388 g/mol. The molecule has 5 nitrogen and oxygen atoms in total. The van der Waals surface area contributed by atoms with E-state index in [4.69, 9.17) is 4.74 Å². The average molecular weight is 419 g/mol. The van der Waals surface area contributed by atoms with Gasteiger partial charge in [-0.1, -0.05) is 72.8 Å². The average Bonchev–Trinajstić information content (AvgIpc) is 2.72. The van der Waals surface area contributed by atoms with E-state index in [0.29, 0.717) is 6.42 Å². The monoisotopic (exact) mass is 418 g/mol. The van der Waals surface area contributed by atoms with Gasteiger partial charge < -0.3 is 15.4 Å². The predicted molar refractivity (Wildman–Crippen MR) is 124 cm³/mol. The minimum absolute atomic E-state index is 0.120. The van der Waals surface area contributed by atoms with Crippen molar-refractivity contribution >= 4 is 22.8 Å². The Morgan fingerprint density at radius 2 is 1.58 bits per heavy atom. The Balaban J connectivity index is 1.64. The van der Waals surface area contributed by atoms with Gasteiger partial charge in [0, 0.05) is 13.0 Å². The van der Waals surface area contributed by atoms with Crippen molar-refractivity contribution in [2.24, 2.45) is 0 Å². The fraction of sp³-hybridized carbons (Fsp3) is 0.308. The summed E-state index contributed by atoms with van der Waals surface area (Å²) in [6.07, 6.45) is 0.344. The lowest BCUT2D eigenvalue weighted by Crippen LogP contribution is -2.36. The Labute approximate surface area is 183 Å². The predicted octanol–water partition coefficient (Wildman–Crippen LogP) is 5.15. The summed E-state index contributed by atoms with van der Waals surface area (Å²) in [5.74, 6) is -0.120. The van der Waals surface area contributed by atoms with Gasteiger partial charge in [0.05, 0.1) is 6.04 Å². The van der Waals surface area contributed by atoms with E-state index in [1.165, 1.54) is 10.8 Å². The maximum absolute atomic E-state index is 12.6. The van der Waals surface area contributed by atoms with Crippen LogP contribution in [0.5, 0.6) is 0 Å². The van der Waals surface area contributed by atoms with Crippen LogP contribution < -0.4 is 10.6 Å². The first-order chi connectivity index (χ1) is 14.8. The summed E-state index contributed by atoms with van der Waals surface area (Å²) < 4.78 is 5.20. The molecule has 0 aliphatic carbocycles. The summed E-state index contributed by atoms with van der Waals surface area (Å²) in [4.78, 5) is 24.4. The molecule has 5 heteroatoms. The Bertz CT molecular complexity index is 1030. The fourth-order valence-electron chi connectivity index (χ4n) is 3.40. The van der Waals surface area contributed by atoms with Gasteiger partial charge in [0.2, 0.25) is 5.91 Å². The Kier molecular flexibility index (Phi) is 7.29. The number of nitrogens with one attached hydrogen (secondary N) is 2. The van der Waals surface area contributed by atoms with Crippen molar-refractivity contribution in [2.75, 3.05) is 6.54 Å². The van der Waals surface area contributed by atoms with Gasteiger partial charge in [-0.2, -0.15) is 0 Å². The fourth-order valence-corrected chi connectivity index (χ4v) is 3.40. The second-order valence-electron chi connectivity index (χ2n) is 8.60. The maximum Gasteiger partial charge on any atom is 0.407 e. The SMILES string of the molecule is CC(C)(C)OC(=O)NCCC(=O)N[C@@H](Cc1ccc2ccccc2c1)c1ccccc1. The van der Waals surface area contributed by atoms with Crippen LogP contribution in [0.4, 0.5) is 4.79 Å². The summed E-state index contributed by atoms with van der Waals surface area (Å²) in [6.45, 7) is 5.63. The van der Waals surface area contributed by atoms with Crippen molar-refractivity contribution in [3.8, 4) is 0 Å². The molecule has 3 aromatic rings. The van der Waals surface area contributed by atoms with Crippen LogP contribution in [0.3, 0.4) is 0 Å². The molecule has 0 aliphatic rings. The molecule has 2 amide bonds. The van der Waals surface area contributed by atoms with E-state index < -0.39 is 11.7 Å². The topological polar surface area (TPSA) is 67.4 Å². The first kappa shape index (κ1) is 22.3. The number of alkyl carbamates (subject to hydrolysis) is 1. The molecule has 0 aliphatic heterocycles. The van der Waals surface area contributed by atoms with E-state index in [0.717, 1.165) is 11.1 Å². The molecule has 0 unspecified atom stereocenters. The van der Waals surface area contributed by atoms with Crippen LogP contribution in [-0.2, 0) is 16.0 Å². The molecule has 0 saturated carbocycles. The molecule has 0 aromatic heterocycles. The van der Waals surface area contributed by atoms with Gasteiger partial charge in [0.1, 0.15) is 5.60 Å². The lowest BCUT2D eigenvalue weighted by Gasteiger charge is -2.21. The first-order valence-electron chi connectivity index (χ1n) is 10.6. The normalized spacial score (nSPS) is 12.2. The molecule has 0 saturated heterocycles. The largest absolute Gasteiger partial charge is 0.444 e. The lowest BCUT2D eigenvalue weighted by molar-refractivity contribution is -0.121. The van der Waals surface area contributed by atoms with Gasteiger partial charge in [-0.05, 0) is 49.1 Å². The highest BCUT2D eigenvalue weighted by molar-refractivity contribution is 5.83. The van der Waals surface area contributed by atoms with Crippen molar-refractivity contribution in [2.45, 2.75) is 45.3 Å². The van der Waals surface area contributed by atoms with Crippen LogP contribution in [0.15, 0.2) is 72.8 Å². The third kappa shape index (κ3) is 7.14. The molecule has 3 aromatic carbocycles.